The van der Waals surface area contributed by atoms with E-state index in [0.29, 0.717) is 10.0 Å². The molecule has 0 saturated heterocycles. The second kappa shape index (κ2) is 5.70. The van der Waals surface area contributed by atoms with Crippen LogP contribution in [0.25, 0.3) is 11.3 Å². The average molecular weight is 302 g/mol. The van der Waals surface area contributed by atoms with E-state index in [1.54, 1.807) is 6.07 Å². The van der Waals surface area contributed by atoms with Crippen LogP contribution in [0.5, 0.6) is 0 Å². The summed E-state index contributed by atoms with van der Waals surface area (Å²) in [6.45, 7) is 0.745. The lowest BCUT2D eigenvalue weighted by Crippen LogP contribution is -1.95. The zero-order valence-electron chi connectivity index (χ0n) is 10.6. The Balaban J connectivity index is 1.84. The maximum Gasteiger partial charge on any atom is 0.177 e. The molecule has 99 valence electrons. The molecule has 20 heavy (non-hydrogen) atoms. The summed E-state index contributed by atoms with van der Waals surface area (Å²) in [7, 11) is 0. The Morgan fingerprint density at radius 3 is 2.55 bits per heavy atom. The molecule has 2 aromatic carbocycles. The normalized spacial score (nSPS) is 10.7. The molecule has 0 amide bonds. The van der Waals surface area contributed by atoms with Crippen LogP contribution in [-0.4, -0.2) is 9.55 Å². The molecule has 0 aliphatic carbocycles. The van der Waals surface area contributed by atoms with Crippen LogP contribution in [0.3, 0.4) is 0 Å². The summed E-state index contributed by atoms with van der Waals surface area (Å²) < 4.78 is 1.92. The molecule has 2 nitrogen and oxygen atoms in total. The van der Waals surface area contributed by atoms with Crippen molar-refractivity contribution < 1.29 is 0 Å². The second-order valence-electron chi connectivity index (χ2n) is 4.47. The average Bonchev–Trinajstić information content (AvgIpc) is 2.91. The number of hydrogen-bond donors (Lipinski definition) is 0. The predicted molar refractivity (Wildman–Crippen MR) is 82.1 cm³/mol. The Bertz CT molecular complexity index is 720. The molecule has 1 aromatic heterocycles. The molecule has 0 N–H and O–H groups in total. The largest absolute Gasteiger partial charge is 0.323 e. The number of hydrogen-bond acceptors (Lipinski definition) is 1. The molecule has 0 aliphatic heterocycles. The number of imidazole rings is 1. The monoisotopic (exact) mass is 301 g/mol. The minimum Gasteiger partial charge on any atom is -0.323 e. The fourth-order valence-electron chi connectivity index (χ4n) is 1.98. The number of rotatable bonds is 3. The third-order valence-electron chi connectivity index (χ3n) is 2.99. The fraction of sp³-hybridized carbons (Fsp3) is 0.0625. The van der Waals surface area contributed by atoms with Crippen molar-refractivity contribution in [2.24, 2.45) is 0 Å². The van der Waals surface area contributed by atoms with Crippen LogP contribution in [0.4, 0.5) is 0 Å². The minimum atomic E-state index is 0.529. The first-order valence-corrected chi connectivity index (χ1v) is 6.92. The third-order valence-corrected chi connectivity index (χ3v) is 3.73. The summed E-state index contributed by atoms with van der Waals surface area (Å²) in [5.41, 5.74) is 2.98. The first kappa shape index (κ1) is 13.2. The molecule has 4 heteroatoms. The number of benzene rings is 2. The Morgan fingerprint density at radius 2 is 1.80 bits per heavy atom. The maximum atomic E-state index is 6.02. The molecule has 0 atom stereocenters. The minimum absolute atomic E-state index is 0.529. The van der Waals surface area contributed by atoms with Crippen molar-refractivity contribution in [1.82, 2.24) is 9.55 Å². The lowest BCUT2D eigenvalue weighted by atomic mass is 10.2. The van der Waals surface area contributed by atoms with Crippen molar-refractivity contribution in [2.75, 3.05) is 0 Å². The molecule has 0 bridgehead atoms. The Kier molecular flexibility index (Phi) is 3.77. The molecule has 0 unspecified atom stereocenters. The van der Waals surface area contributed by atoms with E-state index < -0.39 is 0 Å². The first-order chi connectivity index (χ1) is 9.72. The van der Waals surface area contributed by atoms with Gasteiger partial charge in [-0.05, 0) is 17.7 Å². The van der Waals surface area contributed by atoms with Gasteiger partial charge in [-0.25, -0.2) is 4.98 Å². The van der Waals surface area contributed by atoms with E-state index in [-0.39, 0.29) is 0 Å². The molecule has 0 fully saturated rings. The van der Waals surface area contributed by atoms with Gasteiger partial charge >= 0.3 is 0 Å². The van der Waals surface area contributed by atoms with Gasteiger partial charge in [-0.15, -0.1) is 0 Å². The highest BCUT2D eigenvalue weighted by Gasteiger charge is 2.06. The summed E-state index contributed by atoms with van der Waals surface area (Å²) in [5, 5.41) is 1.07. The highest BCUT2D eigenvalue weighted by molar-refractivity contribution is 6.42. The van der Waals surface area contributed by atoms with Crippen molar-refractivity contribution in [3.05, 3.63) is 76.7 Å². The molecule has 0 spiro atoms. The van der Waals surface area contributed by atoms with Crippen LogP contribution in [0.2, 0.25) is 10.0 Å². The van der Waals surface area contributed by atoms with Crippen molar-refractivity contribution in [1.29, 1.82) is 0 Å². The van der Waals surface area contributed by atoms with Gasteiger partial charge in [-0.2, -0.15) is 0 Å². The fourth-order valence-corrected chi connectivity index (χ4v) is 2.28. The van der Waals surface area contributed by atoms with Crippen molar-refractivity contribution in [3.8, 4) is 11.3 Å². The van der Waals surface area contributed by atoms with E-state index in [1.807, 2.05) is 41.1 Å². The summed E-state index contributed by atoms with van der Waals surface area (Å²) >= 11 is 11.9. The molecule has 3 aromatic rings. The van der Waals surface area contributed by atoms with Gasteiger partial charge in [0.05, 0.1) is 15.7 Å². The summed E-state index contributed by atoms with van der Waals surface area (Å²) in [6.07, 6.45) is 4.93. The number of aromatic nitrogens is 2. The Hall–Kier alpha value is -1.77. The quantitative estimate of drug-likeness (QED) is 0.685. The van der Waals surface area contributed by atoms with Gasteiger partial charge in [0.15, 0.2) is 6.33 Å². The standard InChI is InChI=1S/C16H11Cl2N2/c17-14-7-6-13(8-15(14)18)16-10-20(11-19-16)9-12-4-2-1-3-5-12/h1-8,10H,9H2. The molecular formula is C16H11Cl2N2. The summed E-state index contributed by atoms with van der Waals surface area (Å²) in [4.78, 5) is 4.29. The molecule has 0 saturated carbocycles. The van der Waals surface area contributed by atoms with Gasteiger partial charge in [-0.3, -0.25) is 0 Å². The molecule has 3 rings (SSSR count). The van der Waals surface area contributed by atoms with Gasteiger partial charge in [0, 0.05) is 18.3 Å². The second-order valence-corrected chi connectivity index (χ2v) is 5.28. The zero-order chi connectivity index (χ0) is 13.9. The Morgan fingerprint density at radius 1 is 1.00 bits per heavy atom. The predicted octanol–water partition coefficient (Wildman–Crippen LogP) is 4.71. The van der Waals surface area contributed by atoms with Crippen molar-refractivity contribution in [3.63, 3.8) is 0 Å². The van der Waals surface area contributed by atoms with Crippen molar-refractivity contribution >= 4 is 23.2 Å². The lowest BCUT2D eigenvalue weighted by molar-refractivity contribution is 0.790. The summed E-state index contributed by atoms with van der Waals surface area (Å²) in [6, 6.07) is 15.7. The van der Waals surface area contributed by atoms with Crippen LogP contribution in [0.1, 0.15) is 5.56 Å². The molecule has 1 heterocycles. The third kappa shape index (κ3) is 2.87. The van der Waals surface area contributed by atoms with Gasteiger partial charge in [0.25, 0.3) is 0 Å². The number of nitrogens with zero attached hydrogens (tertiary/aromatic N) is 2. The SMILES string of the molecule is Clc1ccc(-c2cn(Cc3ccccc3)[c]n2)cc1Cl. The van der Waals surface area contributed by atoms with Crippen LogP contribution in [0.15, 0.2) is 54.7 Å². The van der Waals surface area contributed by atoms with E-state index in [0.717, 1.165) is 17.8 Å². The highest BCUT2D eigenvalue weighted by atomic mass is 35.5. The van der Waals surface area contributed by atoms with Crippen LogP contribution >= 0.6 is 23.2 Å². The van der Waals surface area contributed by atoms with E-state index in [2.05, 4.69) is 23.4 Å². The van der Waals surface area contributed by atoms with E-state index in [4.69, 9.17) is 23.2 Å². The van der Waals surface area contributed by atoms with Gasteiger partial charge < -0.3 is 4.57 Å². The van der Waals surface area contributed by atoms with E-state index >= 15 is 0 Å². The number of halogens is 2. The van der Waals surface area contributed by atoms with Crippen LogP contribution in [0, 0.1) is 6.33 Å². The van der Waals surface area contributed by atoms with Gasteiger partial charge in [0.2, 0.25) is 0 Å². The van der Waals surface area contributed by atoms with E-state index in [9.17, 15) is 0 Å². The van der Waals surface area contributed by atoms with Gasteiger partial charge in [0.1, 0.15) is 0 Å². The van der Waals surface area contributed by atoms with E-state index in [1.165, 1.54) is 5.56 Å². The Labute approximate surface area is 127 Å². The van der Waals surface area contributed by atoms with Crippen molar-refractivity contribution in [2.45, 2.75) is 6.54 Å². The highest BCUT2D eigenvalue weighted by Crippen LogP contribution is 2.27. The van der Waals surface area contributed by atoms with Gasteiger partial charge in [-0.1, -0.05) is 59.6 Å². The maximum absolute atomic E-state index is 6.02. The molecule has 0 aliphatic rings. The molecular weight excluding hydrogens is 291 g/mol. The zero-order valence-corrected chi connectivity index (χ0v) is 12.1. The molecule has 1 radical (unpaired) electrons. The van der Waals surface area contributed by atoms with Crippen LogP contribution < -0.4 is 0 Å². The van der Waals surface area contributed by atoms with Crippen LogP contribution in [-0.2, 0) is 6.54 Å². The smallest absolute Gasteiger partial charge is 0.177 e. The lowest BCUT2D eigenvalue weighted by Gasteiger charge is -2.01. The first-order valence-electron chi connectivity index (χ1n) is 6.16. The topological polar surface area (TPSA) is 17.8 Å². The summed E-state index contributed by atoms with van der Waals surface area (Å²) in [5.74, 6) is 0.